The minimum Gasteiger partial charge on any atom is -0.380 e. The van der Waals surface area contributed by atoms with Crippen molar-refractivity contribution in [1.29, 1.82) is 0 Å². The van der Waals surface area contributed by atoms with Gasteiger partial charge in [0.1, 0.15) is 5.60 Å². The molecule has 3 nitrogen and oxygen atoms in total. The molecule has 2 atom stereocenters. The summed E-state index contributed by atoms with van der Waals surface area (Å²) in [6.45, 7) is 4.03. The number of fused-ring (bicyclic) bond motifs is 4. The highest BCUT2D eigenvalue weighted by molar-refractivity contribution is 5.47. The molecule has 2 N–H and O–H groups in total. The number of hydrogen-bond acceptors (Lipinski definition) is 2. The zero-order valence-electron chi connectivity index (χ0n) is 10.7. The summed E-state index contributed by atoms with van der Waals surface area (Å²) in [5.41, 5.74) is 2.98. The lowest BCUT2D eigenvalue weighted by molar-refractivity contribution is 0.0547. The van der Waals surface area contributed by atoms with Crippen LogP contribution in [0.5, 0.6) is 0 Å². The Hall–Kier alpha value is -1.61. The average molecular weight is 243 g/mol. The van der Waals surface area contributed by atoms with Crippen molar-refractivity contribution in [2.24, 2.45) is 5.92 Å². The molecule has 0 radical (unpaired) electrons. The summed E-state index contributed by atoms with van der Waals surface area (Å²) < 4.78 is 0. The number of allylic oxidation sites excluding steroid dienone is 2. The maximum absolute atomic E-state index is 11.4. The van der Waals surface area contributed by atoms with E-state index >= 15 is 0 Å². The van der Waals surface area contributed by atoms with Gasteiger partial charge in [-0.3, -0.25) is 4.79 Å². The molecular weight excluding hydrogens is 226 g/mol. The Morgan fingerprint density at radius 1 is 1.50 bits per heavy atom. The first-order valence-electron chi connectivity index (χ1n) is 6.33. The van der Waals surface area contributed by atoms with E-state index in [2.05, 4.69) is 18.0 Å². The molecule has 2 aliphatic carbocycles. The summed E-state index contributed by atoms with van der Waals surface area (Å²) in [6, 6.07) is 3.27. The van der Waals surface area contributed by atoms with E-state index in [1.54, 1.807) is 6.07 Å². The molecule has 0 aliphatic heterocycles. The first-order chi connectivity index (χ1) is 8.54. The summed E-state index contributed by atoms with van der Waals surface area (Å²) in [6.07, 6.45) is 5.60. The van der Waals surface area contributed by atoms with Crippen molar-refractivity contribution in [3.05, 3.63) is 57.0 Å². The molecule has 1 heterocycles. The molecule has 94 valence electrons. The van der Waals surface area contributed by atoms with E-state index in [0.717, 1.165) is 23.3 Å². The zero-order valence-corrected chi connectivity index (χ0v) is 10.7. The number of pyridine rings is 1. The molecule has 3 heteroatoms. The second-order valence-corrected chi connectivity index (χ2v) is 5.32. The number of aliphatic hydroxyl groups is 1. The van der Waals surface area contributed by atoms with Gasteiger partial charge in [-0.2, -0.15) is 0 Å². The zero-order chi connectivity index (χ0) is 12.9. The lowest BCUT2D eigenvalue weighted by Gasteiger charge is -2.44. The molecule has 0 amide bonds. The summed E-state index contributed by atoms with van der Waals surface area (Å²) >= 11 is 0. The van der Waals surface area contributed by atoms with Gasteiger partial charge in [-0.15, -0.1) is 0 Å². The van der Waals surface area contributed by atoms with Crippen molar-refractivity contribution in [3.63, 3.8) is 0 Å². The van der Waals surface area contributed by atoms with Gasteiger partial charge < -0.3 is 10.1 Å². The van der Waals surface area contributed by atoms with E-state index in [0.29, 0.717) is 6.42 Å². The van der Waals surface area contributed by atoms with Gasteiger partial charge in [0.25, 0.3) is 0 Å². The maximum Gasteiger partial charge on any atom is 0.248 e. The average Bonchev–Trinajstić information content (AvgIpc) is 2.26. The van der Waals surface area contributed by atoms with Gasteiger partial charge in [-0.05, 0) is 31.9 Å². The quantitative estimate of drug-likeness (QED) is 0.685. The van der Waals surface area contributed by atoms with Crippen molar-refractivity contribution in [2.75, 3.05) is 0 Å². The standard InChI is InChI=1S/C15H17NO2/c1-3-11-10-6-9(2)8-15(11,18)12-4-5-14(17)16-13(12)7-10/h3-6,10,18H,7-8H2,1-2H3,(H,16,17)/b11-3+. The van der Waals surface area contributed by atoms with Crippen molar-refractivity contribution in [1.82, 2.24) is 4.98 Å². The highest BCUT2D eigenvalue weighted by atomic mass is 16.3. The fraction of sp³-hybridized carbons (Fsp3) is 0.400. The van der Waals surface area contributed by atoms with Crippen LogP contribution in [-0.4, -0.2) is 10.1 Å². The van der Waals surface area contributed by atoms with E-state index in [9.17, 15) is 9.90 Å². The number of rotatable bonds is 0. The molecule has 3 rings (SSSR count). The number of aromatic nitrogens is 1. The molecule has 0 saturated carbocycles. The van der Waals surface area contributed by atoms with E-state index in [-0.39, 0.29) is 11.5 Å². The van der Waals surface area contributed by atoms with Crippen LogP contribution in [0.3, 0.4) is 0 Å². The Labute approximate surface area is 106 Å². The van der Waals surface area contributed by atoms with Crippen LogP contribution in [0, 0.1) is 5.92 Å². The van der Waals surface area contributed by atoms with Gasteiger partial charge in [0.05, 0.1) is 0 Å². The van der Waals surface area contributed by atoms with Crippen molar-refractivity contribution in [3.8, 4) is 0 Å². The summed E-state index contributed by atoms with van der Waals surface area (Å²) in [5, 5.41) is 11.0. The third-order valence-corrected chi connectivity index (χ3v) is 4.08. The molecule has 18 heavy (non-hydrogen) atoms. The number of nitrogens with one attached hydrogen (secondary N) is 1. The van der Waals surface area contributed by atoms with Gasteiger partial charge >= 0.3 is 0 Å². The SMILES string of the molecule is C/C=C1\C2C=C(C)CC1(O)c1ccc(=O)[nH]c1C2. The summed E-state index contributed by atoms with van der Waals surface area (Å²) in [7, 11) is 0. The largest absolute Gasteiger partial charge is 0.380 e. The molecule has 1 aromatic heterocycles. The third-order valence-electron chi connectivity index (χ3n) is 4.08. The monoisotopic (exact) mass is 243 g/mol. The van der Waals surface area contributed by atoms with Crippen LogP contribution in [0.15, 0.2) is 40.2 Å². The van der Waals surface area contributed by atoms with Gasteiger partial charge in [-0.1, -0.05) is 17.7 Å². The van der Waals surface area contributed by atoms with Gasteiger partial charge in [0.15, 0.2) is 0 Å². The maximum atomic E-state index is 11.4. The Kier molecular flexibility index (Phi) is 2.35. The van der Waals surface area contributed by atoms with Gasteiger partial charge in [0, 0.05) is 29.7 Å². The van der Waals surface area contributed by atoms with E-state index in [4.69, 9.17) is 0 Å². The predicted octanol–water partition coefficient (Wildman–Crippen LogP) is 2.03. The molecule has 0 fully saturated rings. The van der Waals surface area contributed by atoms with Crippen LogP contribution < -0.4 is 5.56 Å². The van der Waals surface area contributed by atoms with Crippen LogP contribution in [0.25, 0.3) is 0 Å². The van der Waals surface area contributed by atoms with Crippen LogP contribution in [-0.2, 0) is 12.0 Å². The molecular formula is C15H17NO2. The molecule has 0 saturated heterocycles. The highest BCUT2D eigenvalue weighted by Gasteiger charge is 2.45. The smallest absolute Gasteiger partial charge is 0.248 e. The summed E-state index contributed by atoms with van der Waals surface area (Å²) in [4.78, 5) is 14.3. The van der Waals surface area contributed by atoms with Crippen molar-refractivity contribution < 1.29 is 5.11 Å². The molecule has 1 aromatic rings. The number of aromatic amines is 1. The Bertz CT molecular complexity index is 624. The lowest BCUT2D eigenvalue weighted by Crippen LogP contribution is -2.41. The fourth-order valence-corrected chi connectivity index (χ4v) is 3.46. The molecule has 2 aliphatic rings. The summed E-state index contributed by atoms with van der Waals surface area (Å²) in [5.74, 6) is 0.208. The predicted molar refractivity (Wildman–Crippen MR) is 70.3 cm³/mol. The lowest BCUT2D eigenvalue weighted by atomic mass is 9.65. The topological polar surface area (TPSA) is 53.1 Å². The van der Waals surface area contributed by atoms with Crippen LogP contribution >= 0.6 is 0 Å². The second kappa shape index (κ2) is 3.69. The fourth-order valence-electron chi connectivity index (χ4n) is 3.46. The number of H-pyrrole nitrogens is 1. The van der Waals surface area contributed by atoms with E-state index < -0.39 is 5.60 Å². The minimum atomic E-state index is -0.934. The molecule has 2 unspecified atom stereocenters. The Balaban J connectivity index is 2.28. The van der Waals surface area contributed by atoms with Gasteiger partial charge in [0.2, 0.25) is 5.56 Å². The van der Waals surface area contributed by atoms with Crippen molar-refractivity contribution >= 4 is 0 Å². The van der Waals surface area contributed by atoms with Gasteiger partial charge in [-0.25, -0.2) is 0 Å². The highest BCUT2D eigenvalue weighted by Crippen LogP contribution is 2.49. The van der Waals surface area contributed by atoms with Crippen LogP contribution in [0.1, 0.15) is 31.5 Å². The van der Waals surface area contributed by atoms with Crippen LogP contribution in [0.2, 0.25) is 0 Å². The first kappa shape index (κ1) is 11.5. The Morgan fingerprint density at radius 2 is 2.28 bits per heavy atom. The normalized spacial score (nSPS) is 32.1. The molecule has 2 bridgehead atoms. The van der Waals surface area contributed by atoms with Crippen molar-refractivity contribution in [2.45, 2.75) is 32.3 Å². The molecule has 0 aromatic carbocycles. The molecule has 0 spiro atoms. The first-order valence-corrected chi connectivity index (χ1v) is 6.33. The van der Waals surface area contributed by atoms with Crippen LogP contribution in [0.4, 0.5) is 0 Å². The number of hydrogen-bond donors (Lipinski definition) is 2. The Morgan fingerprint density at radius 3 is 3.00 bits per heavy atom. The second-order valence-electron chi connectivity index (χ2n) is 5.32. The third kappa shape index (κ3) is 1.44. The van der Waals surface area contributed by atoms with E-state index in [1.807, 2.05) is 13.0 Å². The minimum absolute atomic E-state index is 0.0972. The van der Waals surface area contributed by atoms with E-state index in [1.165, 1.54) is 11.6 Å².